The van der Waals surface area contributed by atoms with Gasteiger partial charge in [-0.25, -0.2) is 15.0 Å². The first-order valence-corrected chi connectivity index (χ1v) is 12.6. The molecule has 8 rings (SSSR count). The van der Waals surface area contributed by atoms with Gasteiger partial charge >= 0.3 is 6.18 Å². The Bertz CT molecular complexity index is 1310. The molecule has 5 aliphatic rings. The Balaban J connectivity index is 1.24. The van der Waals surface area contributed by atoms with Crippen molar-refractivity contribution >= 4 is 11.0 Å². The zero-order valence-electron chi connectivity index (χ0n) is 19.8. The molecule has 1 aliphatic heterocycles. The van der Waals surface area contributed by atoms with Gasteiger partial charge in [0, 0.05) is 34.2 Å². The summed E-state index contributed by atoms with van der Waals surface area (Å²) >= 11 is 0. The molecular formula is C26H28F3N5O. The molecule has 4 saturated carbocycles. The number of hydrogen-bond donors (Lipinski definition) is 0. The van der Waals surface area contributed by atoms with Crippen LogP contribution in [0.15, 0.2) is 24.5 Å². The first kappa shape index (κ1) is 21.7. The predicted molar refractivity (Wildman–Crippen MR) is 122 cm³/mol. The number of halogens is 3. The van der Waals surface area contributed by atoms with E-state index >= 15 is 0 Å². The molecule has 0 aromatic carbocycles. The average molecular weight is 484 g/mol. The highest BCUT2D eigenvalue weighted by Crippen LogP contribution is 2.78. The largest absolute Gasteiger partial charge is 0.394 e. The van der Waals surface area contributed by atoms with Crippen molar-refractivity contribution in [2.45, 2.75) is 94.6 Å². The summed E-state index contributed by atoms with van der Waals surface area (Å²) in [7, 11) is 0. The number of aromatic nitrogens is 5. The van der Waals surface area contributed by atoms with Crippen LogP contribution < -0.4 is 0 Å². The first-order chi connectivity index (χ1) is 16.6. The number of aryl methyl sites for hydroxylation is 1. The summed E-state index contributed by atoms with van der Waals surface area (Å²) in [4.78, 5) is 14.5. The lowest BCUT2D eigenvalue weighted by Gasteiger charge is -2.70. The molecule has 0 N–H and O–H groups in total. The van der Waals surface area contributed by atoms with Gasteiger partial charge in [0.1, 0.15) is 5.82 Å². The number of pyridine rings is 1. The van der Waals surface area contributed by atoms with Gasteiger partial charge in [0.25, 0.3) is 0 Å². The maximum absolute atomic E-state index is 13.6. The van der Waals surface area contributed by atoms with Crippen molar-refractivity contribution < 1.29 is 17.9 Å². The van der Waals surface area contributed by atoms with Crippen LogP contribution in [-0.2, 0) is 10.2 Å². The Morgan fingerprint density at radius 1 is 1.06 bits per heavy atom. The van der Waals surface area contributed by atoms with E-state index in [0.29, 0.717) is 17.5 Å². The summed E-state index contributed by atoms with van der Waals surface area (Å²) < 4.78 is 49.1. The van der Waals surface area contributed by atoms with E-state index in [-0.39, 0.29) is 37.4 Å². The summed E-state index contributed by atoms with van der Waals surface area (Å²) in [6, 6.07) is 4.33. The molecule has 35 heavy (non-hydrogen) atoms. The SMILES string of the molecule is Cc1ccc2c(C34CC(C(F)(F)F)(C3)C4)nc([C@@H]3C[C@@H](C)O[C@H](c4cnn(C5CC5)c4)C3)nc2n1. The van der Waals surface area contributed by atoms with Crippen LogP contribution in [0, 0.1) is 12.3 Å². The fourth-order valence-electron chi connectivity index (χ4n) is 6.68. The number of rotatable bonds is 4. The molecule has 2 bridgehead atoms. The maximum atomic E-state index is 13.6. The minimum Gasteiger partial charge on any atom is -0.370 e. The smallest absolute Gasteiger partial charge is 0.370 e. The van der Waals surface area contributed by atoms with Crippen LogP contribution in [0.5, 0.6) is 0 Å². The van der Waals surface area contributed by atoms with Crippen molar-refractivity contribution in [2.75, 3.05) is 0 Å². The topological polar surface area (TPSA) is 65.7 Å². The van der Waals surface area contributed by atoms with Crippen LogP contribution in [0.25, 0.3) is 11.0 Å². The van der Waals surface area contributed by atoms with Crippen molar-refractivity contribution in [2.24, 2.45) is 5.41 Å². The lowest BCUT2D eigenvalue weighted by Crippen LogP contribution is -2.70. The third-order valence-electron chi connectivity index (χ3n) is 8.64. The second-order valence-electron chi connectivity index (χ2n) is 11.4. The monoisotopic (exact) mass is 483 g/mol. The third-order valence-corrected chi connectivity index (χ3v) is 8.64. The highest BCUT2D eigenvalue weighted by molar-refractivity contribution is 5.79. The van der Waals surface area contributed by atoms with E-state index in [9.17, 15) is 13.2 Å². The number of ether oxygens (including phenoxy) is 1. The average Bonchev–Trinajstić information content (AvgIpc) is 3.46. The van der Waals surface area contributed by atoms with Crippen molar-refractivity contribution in [3.8, 4) is 0 Å². The van der Waals surface area contributed by atoms with E-state index in [4.69, 9.17) is 14.7 Å². The van der Waals surface area contributed by atoms with E-state index in [1.54, 1.807) is 0 Å². The van der Waals surface area contributed by atoms with Gasteiger partial charge in [-0.05, 0) is 70.9 Å². The van der Waals surface area contributed by atoms with E-state index < -0.39 is 17.0 Å². The minimum atomic E-state index is -4.15. The van der Waals surface area contributed by atoms with Crippen LogP contribution in [0.1, 0.15) is 92.7 Å². The van der Waals surface area contributed by atoms with Crippen molar-refractivity contribution in [3.05, 3.63) is 47.3 Å². The van der Waals surface area contributed by atoms with E-state index in [2.05, 4.69) is 23.2 Å². The molecule has 0 spiro atoms. The van der Waals surface area contributed by atoms with E-state index in [1.165, 1.54) is 12.8 Å². The first-order valence-electron chi connectivity index (χ1n) is 12.6. The van der Waals surface area contributed by atoms with E-state index in [0.717, 1.165) is 35.2 Å². The second kappa shape index (κ2) is 7.02. The highest BCUT2D eigenvalue weighted by atomic mass is 19.4. The van der Waals surface area contributed by atoms with Gasteiger partial charge in [-0.15, -0.1) is 0 Å². The second-order valence-corrected chi connectivity index (χ2v) is 11.4. The summed E-state index contributed by atoms with van der Waals surface area (Å²) in [5.74, 6) is 0.730. The number of fused-ring (bicyclic) bond motifs is 1. The number of hydrogen-bond acceptors (Lipinski definition) is 5. The van der Waals surface area contributed by atoms with Crippen LogP contribution in [0.2, 0.25) is 0 Å². The van der Waals surface area contributed by atoms with Gasteiger partial charge in [-0.3, -0.25) is 4.68 Å². The molecule has 4 aliphatic carbocycles. The van der Waals surface area contributed by atoms with Gasteiger partial charge < -0.3 is 4.74 Å². The zero-order valence-corrected chi connectivity index (χ0v) is 19.8. The van der Waals surface area contributed by atoms with E-state index in [1.807, 2.05) is 29.9 Å². The highest BCUT2D eigenvalue weighted by Gasteiger charge is 2.79. The lowest BCUT2D eigenvalue weighted by atomic mass is 9.33. The van der Waals surface area contributed by atoms with Crippen LogP contribution >= 0.6 is 0 Å². The Morgan fingerprint density at radius 3 is 2.54 bits per heavy atom. The summed E-state index contributed by atoms with van der Waals surface area (Å²) in [5.41, 5.74) is 1.21. The summed E-state index contributed by atoms with van der Waals surface area (Å²) in [5, 5.41) is 5.32. The van der Waals surface area contributed by atoms with Crippen molar-refractivity contribution in [1.82, 2.24) is 24.7 Å². The molecule has 6 nitrogen and oxygen atoms in total. The van der Waals surface area contributed by atoms with Gasteiger partial charge in [0.05, 0.1) is 35.6 Å². The summed E-state index contributed by atoms with van der Waals surface area (Å²) in [6.07, 6.45) is 3.94. The fraction of sp³-hybridized carbons (Fsp3) is 0.615. The Labute approximate surface area is 201 Å². The molecule has 3 aromatic rings. The minimum absolute atomic E-state index is 0.0136. The van der Waals surface area contributed by atoms with Crippen LogP contribution in [0.3, 0.4) is 0 Å². The number of nitrogens with zero attached hydrogens (tertiary/aromatic N) is 5. The van der Waals surface area contributed by atoms with Crippen LogP contribution in [-0.4, -0.2) is 37.0 Å². The van der Waals surface area contributed by atoms with Gasteiger partial charge in [-0.1, -0.05) is 0 Å². The fourth-order valence-corrected chi connectivity index (χ4v) is 6.68. The molecule has 1 saturated heterocycles. The van der Waals surface area contributed by atoms with Gasteiger partial charge in [0.15, 0.2) is 5.65 Å². The standard InChI is InChI=1S/C26H28F3N5O/c1-14-3-6-19-21(24-11-25(12-24,13-24)26(27,28)29)32-22(33-23(19)31-14)16-7-15(2)35-20(8-16)17-9-30-34(10-17)18-4-5-18/h3,6,9-10,15-16,18,20H,4-5,7-8,11-13H2,1-2H3/t15-,16-,20+,24?,25?/m1/s1. The molecule has 0 amide bonds. The normalized spacial score (nSPS) is 34.5. The summed E-state index contributed by atoms with van der Waals surface area (Å²) in [6.45, 7) is 3.97. The molecule has 3 aromatic heterocycles. The van der Waals surface area contributed by atoms with Crippen molar-refractivity contribution in [1.29, 1.82) is 0 Å². The predicted octanol–water partition coefficient (Wildman–Crippen LogP) is 5.87. The maximum Gasteiger partial charge on any atom is 0.394 e. The van der Waals surface area contributed by atoms with Crippen LogP contribution in [0.4, 0.5) is 13.2 Å². The molecule has 184 valence electrons. The molecule has 9 heteroatoms. The molecule has 4 heterocycles. The molecule has 5 fully saturated rings. The van der Waals surface area contributed by atoms with Gasteiger partial charge in [-0.2, -0.15) is 18.3 Å². The Morgan fingerprint density at radius 2 is 1.83 bits per heavy atom. The lowest BCUT2D eigenvalue weighted by molar-refractivity contribution is -0.337. The molecule has 3 atom stereocenters. The number of alkyl halides is 3. The molecular weight excluding hydrogens is 455 g/mol. The zero-order chi connectivity index (χ0) is 24.2. The molecule has 0 unspecified atom stereocenters. The Hall–Kier alpha value is -2.55. The third kappa shape index (κ3) is 3.26. The van der Waals surface area contributed by atoms with Gasteiger partial charge in [0.2, 0.25) is 0 Å². The Kier molecular flexibility index (Phi) is 4.35. The molecule has 0 radical (unpaired) electrons. The quantitative estimate of drug-likeness (QED) is 0.464. The van der Waals surface area contributed by atoms with Crippen molar-refractivity contribution in [3.63, 3.8) is 0 Å².